The van der Waals surface area contributed by atoms with Crippen molar-refractivity contribution in [1.82, 2.24) is 4.57 Å². The highest BCUT2D eigenvalue weighted by Crippen LogP contribution is 2.27. The number of benzene rings is 3. The van der Waals surface area contributed by atoms with E-state index in [1.807, 2.05) is 43.3 Å². The van der Waals surface area contributed by atoms with Gasteiger partial charge in [0, 0.05) is 28.6 Å². The van der Waals surface area contributed by atoms with Crippen LogP contribution >= 0.6 is 0 Å². The number of ether oxygens (including phenoxy) is 1. The van der Waals surface area contributed by atoms with Crippen LogP contribution in [0.25, 0.3) is 10.9 Å². The van der Waals surface area contributed by atoms with Gasteiger partial charge in [-0.1, -0.05) is 30.3 Å². The Hall–Kier alpha value is -4.39. The average molecular weight is 425 g/mol. The molecule has 0 aliphatic rings. The summed E-state index contributed by atoms with van der Waals surface area (Å²) in [5, 5.41) is 16.2. The van der Waals surface area contributed by atoms with Gasteiger partial charge in [-0.25, -0.2) is 0 Å². The Morgan fingerprint density at radius 1 is 0.875 bits per heavy atom. The fraction of sp³-hybridized carbons (Fsp3) is 0.0800. The molecular weight excluding hydrogens is 402 g/mol. The summed E-state index contributed by atoms with van der Waals surface area (Å²) in [6.07, 6.45) is 0. The van der Waals surface area contributed by atoms with Gasteiger partial charge in [0.1, 0.15) is 23.2 Å². The van der Waals surface area contributed by atoms with E-state index in [1.54, 1.807) is 41.0 Å². The number of aromatic nitrogens is 1. The molecule has 0 fully saturated rings. The first kappa shape index (κ1) is 20.9. The topological polar surface area (TPSA) is 131 Å². The van der Waals surface area contributed by atoms with Gasteiger partial charge in [0.2, 0.25) is 0 Å². The number of hydrogen-bond donors (Lipinski definition) is 4. The lowest BCUT2D eigenvalue weighted by atomic mass is 10.1. The van der Waals surface area contributed by atoms with Crippen LogP contribution in [-0.4, -0.2) is 16.2 Å². The fourth-order valence-corrected chi connectivity index (χ4v) is 3.64. The monoisotopic (exact) mass is 425 g/mol. The van der Waals surface area contributed by atoms with Crippen LogP contribution in [0.15, 0.2) is 77.6 Å². The molecule has 7 nitrogen and oxygen atoms in total. The maximum Gasteiger partial charge on any atom is 0.251 e. The molecule has 160 valence electrons. The quantitative estimate of drug-likeness (QED) is 0.277. The zero-order valence-electron chi connectivity index (χ0n) is 17.6. The second-order valence-corrected chi connectivity index (χ2v) is 7.59. The minimum Gasteiger partial charge on any atom is -0.457 e. The predicted molar refractivity (Wildman–Crippen MR) is 127 cm³/mol. The Labute approximate surface area is 184 Å². The molecule has 1 heterocycles. The molecule has 4 rings (SSSR count). The van der Waals surface area contributed by atoms with Gasteiger partial charge in [-0.2, -0.15) is 0 Å². The maximum atomic E-state index is 12.9. The van der Waals surface area contributed by atoms with Crippen LogP contribution in [0.3, 0.4) is 0 Å². The van der Waals surface area contributed by atoms with Crippen molar-refractivity contribution in [2.75, 3.05) is 0 Å². The molecule has 3 aromatic carbocycles. The van der Waals surface area contributed by atoms with E-state index in [-0.39, 0.29) is 17.2 Å². The minimum absolute atomic E-state index is 0.0172. The summed E-state index contributed by atoms with van der Waals surface area (Å²) in [4.78, 5) is 12.9. The lowest BCUT2D eigenvalue weighted by Gasteiger charge is -2.15. The van der Waals surface area contributed by atoms with Gasteiger partial charge in [0.25, 0.3) is 5.56 Å². The molecule has 0 spiro atoms. The number of hydrogen-bond acceptors (Lipinski definition) is 4. The molecule has 0 saturated heterocycles. The van der Waals surface area contributed by atoms with E-state index in [4.69, 9.17) is 27.0 Å². The highest BCUT2D eigenvalue weighted by atomic mass is 16.5. The van der Waals surface area contributed by atoms with Crippen LogP contribution in [0, 0.1) is 17.7 Å². The summed E-state index contributed by atoms with van der Waals surface area (Å²) in [6.45, 7) is 2.24. The molecule has 7 heteroatoms. The van der Waals surface area contributed by atoms with E-state index < -0.39 is 0 Å². The van der Waals surface area contributed by atoms with E-state index in [2.05, 4.69) is 0 Å². The van der Waals surface area contributed by atoms with E-state index in [1.165, 1.54) is 0 Å². The fourth-order valence-electron chi connectivity index (χ4n) is 3.64. The lowest BCUT2D eigenvalue weighted by molar-refractivity contribution is 0.483. The first-order valence-corrected chi connectivity index (χ1v) is 10.0. The first-order chi connectivity index (χ1) is 15.3. The van der Waals surface area contributed by atoms with Crippen molar-refractivity contribution in [3.05, 3.63) is 105 Å². The molecule has 6 N–H and O–H groups in total. The zero-order chi connectivity index (χ0) is 22.8. The summed E-state index contributed by atoms with van der Waals surface area (Å²) in [5.41, 5.74) is 14.7. The Kier molecular flexibility index (Phi) is 5.47. The molecular formula is C25H23N5O2. The van der Waals surface area contributed by atoms with Gasteiger partial charge in [-0.05, 0) is 48.4 Å². The van der Waals surface area contributed by atoms with Crippen LogP contribution in [0.5, 0.6) is 11.5 Å². The average Bonchev–Trinajstić information content (AvgIpc) is 2.77. The van der Waals surface area contributed by atoms with Gasteiger partial charge in [0.15, 0.2) is 0 Å². The highest BCUT2D eigenvalue weighted by molar-refractivity contribution is 5.95. The third-order valence-electron chi connectivity index (χ3n) is 5.25. The number of nitrogens with one attached hydrogen (secondary N) is 2. The zero-order valence-corrected chi connectivity index (χ0v) is 17.6. The summed E-state index contributed by atoms with van der Waals surface area (Å²) in [5.74, 6) is 1.06. The largest absolute Gasteiger partial charge is 0.457 e. The van der Waals surface area contributed by atoms with Crippen molar-refractivity contribution in [2.24, 2.45) is 11.5 Å². The van der Waals surface area contributed by atoms with Crippen LogP contribution in [0.1, 0.15) is 22.3 Å². The number of pyridine rings is 1. The molecule has 0 unspecified atom stereocenters. The van der Waals surface area contributed by atoms with Crippen molar-refractivity contribution in [3.63, 3.8) is 0 Å². The van der Waals surface area contributed by atoms with Crippen molar-refractivity contribution in [1.29, 1.82) is 10.8 Å². The Balaban J connectivity index is 1.77. The first-order valence-electron chi connectivity index (χ1n) is 10.0. The van der Waals surface area contributed by atoms with Gasteiger partial charge in [-0.15, -0.1) is 0 Å². The minimum atomic E-state index is -0.126. The van der Waals surface area contributed by atoms with Crippen LogP contribution < -0.4 is 21.8 Å². The lowest BCUT2D eigenvalue weighted by Crippen LogP contribution is -2.21. The van der Waals surface area contributed by atoms with E-state index in [0.29, 0.717) is 29.2 Å². The molecule has 32 heavy (non-hydrogen) atoms. The smallest absolute Gasteiger partial charge is 0.251 e. The van der Waals surface area contributed by atoms with E-state index in [0.717, 1.165) is 22.0 Å². The molecule has 0 atom stereocenters. The molecule has 0 saturated carbocycles. The molecule has 1 aromatic heterocycles. The summed E-state index contributed by atoms with van der Waals surface area (Å²) >= 11 is 0. The van der Waals surface area contributed by atoms with E-state index >= 15 is 0 Å². The summed E-state index contributed by atoms with van der Waals surface area (Å²) in [7, 11) is 0. The van der Waals surface area contributed by atoms with Crippen LogP contribution in [-0.2, 0) is 6.54 Å². The number of aryl methyl sites for hydroxylation is 1. The number of nitrogens with zero attached hydrogens (tertiary/aromatic N) is 1. The Morgan fingerprint density at radius 3 is 2.25 bits per heavy atom. The normalized spacial score (nSPS) is 10.8. The molecule has 0 aliphatic carbocycles. The van der Waals surface area contributed by atoms with Gasteiger partial charge in [0.05, 0.1) is 12.1 Å². The third-order valence-corrected chi connectivity index (χ3v) is 5.25. The highest BCUT2D eigenvalue weighted by Gasteiger charge is 2.10. The van der Waals surface area contributed by atoms with Crippen molar-refractivity contribution in [3.8, 4) is 11.5 Å². The number of fused-ring (bicyclic) bond motifs is 1. The van der Waals surface area contributed by atoms with Crippen molar-refractivity contribution in [2.45, 2.75) is 13.5 Å². The number of rotatable bonds is 6. The number of nitrogen functional groups attached to an aromatic ring is 2. The summed E-state index contributed by atoms with van der Waals surface area (Å²) in [6, 6.07) is 21.5. The third kappa shape index (κ3) is 4.22. The van der Waals surface area contributed by atoms with Gasteiger partial charge < -0.3 is 20.8 Å². The van der Waals surface area contributed by atoms with Crippen molar-refractivity contribution >= 4 is 22.6 Å². The Morgan fingerprint density at radius 2 is 1.53 bits per heavy atom. The molecule has 4 aromatic rings. The standard InChI is InChI=1S/C25H23N5O2/c1-15-10-23(31)30(14-16-4-2-5-17(11-16)24(26)27)22-13-20(8-9-21(15)22)32-19-7-3-6-18(12-19)25(28)29/h2-13H,14H2,1H3,(H3,26,27)(H3,28,29). The van der Waals surface area contributed by atoms with Crippen LogP contribution in [0.2, 0.25) is 0 Å². The Bertz CT molecular complexity index is 1420. The predicted octanol–water partition coefficient (Wildman–Crippen LogP) is 3.72. The number of nitrogens with two attached hydrogens (primary N) is 2. The van der Waals surface area contributed by atoms with Gasteiger partial charge >= 0.3 is 0 Å². The molecule has 0 aliphatic heterocycles. The molecule has 0 amide bonds. The van der Waals surface area contributed by atoms with Crippen LogP contribution in [0.4, 0.5) is 0 Å². The van der Waals surface area contributed by atoms with E-state index in [9.17, 15) is 4.79 Å². The van der Waals surface area contributed by atoms with Gasteiger partial charge in [-0.3, -0.25) is 15.6 Å². The van der Waals surface area contributed by atoms with Crippen molar-refractivity contribution < 1.29 is 4.74 Å². The maximum absolute atomic E-state index is 12.9. The second kappa shape index (κ2) is 8.39. The SMILES string of the molecule is Cc1cc(=O)n(Cc2cccc(C(=N)N)c2)c2cc(Oc3cccc(C(=N)N)c3)ccc12. The molecule has 0 bridgehead atoms. The molecule has 0 radical (unpaired) electrons. The number of amidine groups is 2. The summed E-state index contributed by atoms with van der Waals surface area (Å²) < 4.78 is 7.68. The second-order valence-electron chi connectivity index (χ2n) is 7.59.